The average molecular weight is 846 g/mol. The van der Waals surface area contributed by atoms with E-state index in [2.05, 4.69) is 132 Å². The number of rotatable bonds is 17. The van der Waals surface area contributed by atoms with Crippen molar-refractivity contribution in [3.8, 4) is 5.75 Å². The fourth-order valence-corrected chi connectivity index (χ4v) is 7.72. The van der Waals surface area contributed by atoms with E-state index < -0.39 is 0 Å². The SMILES string of the molecule is CONCON(c1ccc(CCCc2ccc(N(c3cccc(C)c3)c3cccc(C)c3)cc2)cc1)c1ccc2c(N=Nc3ccc(C(=O)c4ccc(C)cc4)cc3)c(O)ccc2c1. The van der Waals surface area contributed by atoms with Crippen LogP contribution in [0.15, 0.2) is 186 Å². The van der Waals surface area contributed by atoms with Crippen molar-refractivity contribution in [2.45, 2.75) is 40.0 Å². The van der Waals surface area contributed by atoms with Gasteiger partial charge in [0, 0.05) is 33.6 Å². The lowest BCUT2D eigenvalue weighted by atomic mass is 10.0. The van der Waals surface area contributed by atoms with Crippen LogP contribution in [0.1, 0.15) is 50.2 Å². The zero-order valence-corrected chi connectivity index (χ0v) is 36.5. The molecule has 0 saturated carbocycles. The van der Waals surface area contributed by atoms with Crippen LogP contribution in [0.2, 0.25) is 0 Å². The summed E-state index contributed by atoms with van der Waals surface area (Å²) in [5.74, 6) is -0.0599. The number of aryl methyl sites for hydroxylation is 5. The lowest BCUT2D eigenvalue weighted by molar-refractivity contribution is -0.00709. The van der Waals surface area contributed by atoms with Crippen LogP contribution in [0, 0.1) is 20.8 Å². The molecule has 0 bridgehead atoms. The number of ketones is 1. The van der Waals surface area contributed by atoms with Gasteiger partial charge in [0.1, 0.15) is 18.2 Å². The third-order valence-corrected chi connectivity index (χ3v) is 11.1. The molecule has 0 aromatic heterocycles. The summed E-state index contributed by atoms with van der Waals surface area (Å²) in [6.45, 7) is 6.35. The molecular weight excluding hydrogens is 795 g/mol. The number of nitrogens with one attached hydrogen (secondary N) is 1. The summed E-state index contributed by atoms with van der Waals surface area (Å²) in [7, 11) is 1.54. The number of carbonyl (C=O) groups is 1. The summed E-state index contributed by atoms with van der Waals surface area (Å²) in [4.78, 5) is 26.5. The van der Waals surface area contributed by atoms with Crippen LogP contribution >= 0.6 is 0 Å². The zero-order valence-electron chi connectivity index (χ0n) is 36.5. The fourth-order valence-electron chi connectivity index (χ4n) is 7.72. The Kier molecular flexibility index (Phi) is 13.6. The molecule has 2 N–H and O–H groups in total. The molecule has 0 aliphatic carbocycles. The summed E-state index contributed by atoms with van der Waals surface area (Å²) in [6.07, 6.45) is 2.90. The van der Waals surface area contributed by atoms with Gasteiger partial charge in [0.15, 0.2) is 5.78 Å². The Morgan fingerprint density at radius 3 is 1.75 bits per heavy atom. The number of nitrogens with zero attached hydrogens (tertiary/aromatic N) is 4. The molecule has 0 fully saturated rings. The molecule has 9 heteroatoms. The topological polar surface area (TPSA) is 99.0 Å². The Labute approximate surface area is 374 Å². The Morgan fingerprint density at radius 2 is 1.16 bits per heavy atom. The molecule has 9 nitrogen and oxygen atoms in total. The highest BCUT2D eigenvalue weighted by Crippen LogP contribution is 2.39. The van der Waals surface area contributed by atoms with Gasteiger partial charge in [0.05, 0.1) is 24.2 Å². The maximum atomic E-state index is 13.0. The first kappa shape index (κ1) is 43.2. The number of hydroxylamine groups is 1. The summed E-state index contributed by atoms with van der Waals surface area (Å²) in [5.41, 5.74) is 15.9. The van der Waals surface area contributed by atoms with Gasteiger partial charge in [-0.25, -0.2) is 5.06 Å². The number of anilines is 5. The third-order valence-electron chi connectivity index (χ3n) is 11.1. The van der Waals surface area contributed by atoms with Crippen molar-refractivity contribution in [2.75, 3.05) is 23.8 Å². The highest BCUT2D eigenvalue weighted by molar-refractivity contribution is 6.09. The smallest absolute Gasteiger partial charge is 0.193 e. The van der Waals surface area contributed by atoms with Gasteiger partial charge in [0.2, 0.25) is 0 Å². The highest BCUT2D eigenvalue weighted by atomic mass is 16.7. The predicted molar refractivity (Wildman–Crippen MR) is 258 cm³/mol. The third kappa shape index (κ3) is 10.4. The van der Waals surface area contributed by atoms with Gasteiger partial charge in [-0.1, -0.05) is 84.4 Å². The van der Waals surface area contributed by atoms with Crippen molar-refractivity contribution >= 4 is 56.4 Å². The Bertz CT molecular complexity index is 2830. The van der Waals surface area contributed by atoms with Crippen LogP contribution in [-0.4, -0.2) is 24.7 Å². The molecule has 8 rings (SSSR count). The van der Waals surface area contributed by atoms with Crippen LogP contribution in [0.3, 0.4) is 0 Å². The van der Waals surface area contributed by atoms with Gasteiger partial charge in [-0.15, -0.1) is 5.11 Å². The second kappa shape index (κ2) is 20.2. The molecule has 0 amide bonds. The molecule has 0 saturated heterocycles. The van der Waals surface area contributed by atoms with Gasteiger partial charge in [-0.05, 0) is 165 Å². The number of azo groups is 1. The van der Waals surface area contributed by atoms with Gasteiger partial charge < -0.3 is 14.8 Å². The first-order chi connectivity index (χ1) is 31.2. The number of aromatic hydroxyl groups is 1. The summed E-state index contributed by atoms with van der Waals surface area (Å²) < 4.78 is 0. The van der Waals surface area contributed by atoms with Crippen LogP contribution in [0.25, 0.3) is 10.8 Å². The van der Waals surface area contributed by atoms with Crippen LogP contribution in [-0.2, 0) is 22.5 Å². The molecule has 0 aliphatic heterocycles. The number of fused-ring (bicyclic) bond motifs is 1. The fraction of sp³-hybridized carbons (Fsp3) is 0.145. The monoisotopic (exact) mass is 845 g/mol. The van der Waals surface area contributed by atoms with E-state index in [1.165, 1.54) is 22.3 Å². The Balaban J connectivity index is 0.935. The van der Waals surface area contributed by atoms with Crippen molar-refractivity contribution in [2.24, 2.45) is 10.2 Å². The molecule has 0 spiro atoms. The van der Waals surface area contributed by atoms with Crippen molar-refractivity contribution in [3.63, 3.8) is 0 Å². The number of phenolic OH excluding ortho intramolecular Hbond substituents is 1. The molecule has 64 heavy (non-hydrogen) atoms. The molecule has 0 unspecified atom stereocenters. The van der Waals surface area contributed by atoms with Crippen molar-refractivity contribution < 1.29 is 19.6 Å². The van der Waals surface area contributed by atoms with E-state index in [-0.39, 0.29) is 18.3 Å². The minimum atomic E-state index is -0.0627. The molecule has 0 heterocycles. The molecule has 0 radical (unpaired) electrons. The summed E-state index contributed by atoms with van der Waals surface area (Å²) >= 11 is 0. The number of hydrogen-bond donors (Lipinski definition) is 2. The average Bonchev–Trinajstić information content (AvgIpc) is 3.31. The van der Waals surface area contributed by atoms with Gasteiger partial charge >= 0.3 is 0 Å². The van der Waals surface area contributed by atoms with Crippen molar-refractivity contribution in [3.05, 3.63) is 215 Å². The van der Waals surface area contributed by atoms with E-state index in [4.69, 9.17) is 9.68 Å². The van der Waals surface area contributed by atoms with E-state index in [0.29, 0.717) is 27.9 Å². The van der Waals surface area contributed by atoms with Gasteiger partial charge in [-0.2, -0.15) is 10.6 Å². The van der Waals surface area contributed by atoms with E-state index >= 15 is 0 Å². The first-order valence-corrected chi connectivity index (χ1v) is 21.4. The normalized spacial score (nSPS) is 11.3. The minimum Gasteiger partial charge on any atom is -0.506 e. The standard InChI is InChI=1S/C55H51N5O4/c1-38-14-20-43(21-15-38)55(62)44-22-25-46(26-23-44)57-58-54-52-32-31-51(36-45(52)24-33-53(54)61)60(64-37-56-63-4)48-29-18-42(19-30-48)11-7-10-41-16-27-47(28-17-41)59(49-12-5-8-39(2)34-49)50-13-6-9-40(3)35-50/h5-6,8-9,12-36,56,61H,7,10-11,37H2,1-4H3. The molecule has 8 aromatic carbocycles. The summed E-state index contributed by atoms with van der Waals surface area (Å²) in [6, 6.07) is 58.3. The Hall–Kier alpha value is -7.43. The van der Waals surface area contributed by atoms with E-state index in [1.54, 1.807) is 42.5 Å². The van der Waals surface area contributed by atoms with Gasteiger partial charge in [0.25, 0.3) is 0 Å². The predicted octanol–water partition coefficient (Wildman–Crippen LogP) is 13.9. The van der Waals surface area contributed by atoms with E-state index in [9.17, 15) is 9.90 Å². The van der Waals surface area contributed by atoms with Crippen molar-refractivity contribution in [1.29, 1.82) is 0 Å². The number of phenols is 1. The molecule has 0 atom stereocenters. The molecule has 0 aliphatic rings. The largest absolute Gasteiger partial charge is 0.506 e. The maximum absolute atomic E-state index is 13.0. The number of benzene rings is 8. The van der Waals surface area contributed by atoms with Crippen LogP contribution < -0.4 is 15.4 Å². The highest BCUT2D eigenvalue weighted by Gasteiger charge is 2.16. The van der Waals surface area contributed by atoms with Gasteiger partial charge in [-0.3, -0.25) is 9.63 Å². The second-order valence-electron chi connectivity index (χ2n) is 15.9. The second-order valence-corrected chi connectivity index (χ2v) is 15.9. The van der Waals surface area contributed by atoms with Crippen molar-refractivity contribution in [1.82, 2.24) is 5.48 Å². The van der Waals surface area contributed by atoms with E-state index in [0.717, 1.165) is 58.6 Å². The molecule has 320 valence electrons. The molecule has 8 aromatic rings. The lowest BCUT2D eigenvalue weighted by Crippen LogP contribution is -2.25. The number of carbonyl (C=O) groups excluding carboxylic acids is 1. The maximum Gasteiger partial charge on any atom is 0.193 e. The lowest BCUT2D eigenvalue weighted by Gasteiger charge is -2.26. The van der Waals surface area contributed by atoms with Crippen LogP contribution in [0.4, 0.5) is 39.8 Å². The molecular formula is C55H51N5O4. The quantitative estimate of drug-likeness (QED) is 0.0310. The zero-order chi connectivity index (χ0) is 44.4. The first-order valence-electron chi connectivity index (χ1n) is 21.4. The summed E-state index contributed by atoms with van der Waals surface area (Å²) in [5, 5.41) is 23.0. The van der Waals surface area contributed by atoms with E-state index in [1.807, 2.05) is 55.5 Å². The minimum absolute atomic E-state index is 0.00283. The Morgan fingerprint density at radius 1 is 0.578 bits per heavy atom. The number of hydrogen-bond acceptors (Lipinski definition) is 9. The van der Waals surface area contributed by atoms with Crippen LogP contribution in [0.5, 0.6) is 5.75 Å².